The fourth-order valence-corrected chi connectivity index (χ4v) is 3.96. The van der Waals surface area contributed by atoms with E-state index in [4.69, 9.17) is 10.5 Å². The van der Waals surface area contributed by atoms with Crippen molar-refractivity contribution in [3.8, 4) is 0 Å². The number of rotatable bonds is 6. The molecule has 2 aromatic carbocycles. The average molecular weight is 452 g/mol. The second-order valence-electron chi connectivity index (χ2n) is 9.27. The predicted octanol–water partition coefficient (Wildman–Crippen LogP) is 3.13. The van der Waals surface area contributed by atoms with Gasteiger partial charge in [0.1, 0.15) is 5.60 Å². The molecule has 0 spiro atoms. The number of hydrogen-bond donors (Lipinski definition) is 2. The van der Waals surface area contributed by atoms with Crippen LogP contribution in [0, 0.1) is 13.8 Å². The van der Waals surface area contributed by atoms with Crippen LogP contribution < -0.4 is 11.1 Å². The molecule has 8 nitrogen and oxygen atoms in total. The molecule has 1 atom stereocenters. The molecule has 0 saturated heterocycles. The molecule has 8 heteroatoms. The van der Waals surface area contributed by atoms with Crippen molar-refractivity contribution < 1.29 is 23.9 Å². The van der Waals surface area contributed by atoms with Gasteiger partial charge in [-0.2, -0.15) is 0 Å². The van der Waals surface area contributed by atoms with Crippen molar-refractivity contribution in [2.45, 2.75) is 52.7 Å². The first-order valence-corrected chi connectivity index (χ1v) is 10.7. The fraction of sp³-hybridized carbons (Fsp3) is 0.360. The summed E-state index contributed by atoms with van der Waals surface area (Å²) in [7, 11) is 0. The molecular formula is C25H29N3O5. The molecule has 0 radical (unpaired) electrons. The lowest BCUT2D eigenvalue weighted by Gasteiger charge is -2.27. The third-order valence-corrected chi connectivity index (χ3v) is 5.43. The summed E-state index contributed by atoms with van der Waals surface area (Å²) >= 11 is 0. The standard InChI is InChI=1S/C25H29N3O5/c1-14-10-16(21(26)29)11-15(2)20(14)12-17(27-24(32)33-25(3,4)5)13-28-22(30)18-8-6-7-9-19(18)23(28)31/h6-11,17H,12-13H2,1-5H3,(H2,26,29)(H,27,32). The van der Waals surface area contributed by atoms with E-state index in [9.17, 15) is 19.2 Å². The molecule has 174 valence electrons. The molecule has 0 fully saturated rings. The Kier molecular flexibility index (Phi) is 6.58. The monoisotopic (exact) mass is 451 g/mol. The maximum Gasteiger partial charge on any atom is 0.407 e. The zero-order valence-electron chi connectivity index (χ0n) is 19.5. The maximum atomic E-state index is 12.9. The average Bonchev–Trinajstić information content (AvgIpc) is 2.94. The third kappa shape index (κ3) is 5.39. The minimum atomic E-state index is -0.709. The second kappa shape index (κ2) is 9.05. The molecule has 33 heavy (non-hydrogen) atoms. The SMILES string of the molecule is Cc1cc(C(N)=O)cc(C)c1CC(CN1C(=O)c2ccccc2C1=O)NC(=O)OC(C)(C)C. The van der Waals surface area contributed by atoms with Crippen LogP contribution >= 0.6 is 0 Å². The molecule has 1 unspecified atom stereocenters. The molecule has 0 bridgehead atoms. The summed E-state index contributed by atoms with van der Waals surface area (Å²) < 4.78 is 5.40. The largest absolute Gasteiger partial charge is 0.444 e. The number of alkyl carbamates (subject to hydrolysis) is 1. The highest BCUT2D eigenvalue weighted by Gasteiger charge is 2.37. The molecule has 3 rings (SSSR count). The van der Waals surface area contributed by atoms with Gasteiger partial charge >= 0.3 is 6.09 Å². The van der Waals surface area contributed by atoms with Gasteiger partial charge in [0.05, 0.1) is 23.7 Å². The van der Waals surface area contributed by atoms with Crippen molar-refractivity contribution >= 4 is 23.8 Å². The molecule has 1 heterocycles. The van der Waals surface area contributed by atoms with Crippen molar-refractivity contribution in [3.63, 3.8) is 0 Å². The quantitative estimate of drug-likeness (QED) is 0.654. The minimum absolute atomic E-state index is 0.0258. The Morgan fingerprint density at radius 2 is 1.55 bits per heavy atom. The van der Waals surface area contributed by atoms with E-state index >= 15 is 0 Å². The summed E-state index contributed by atoms with van der Waals surface area (Å²) in [5, 5.41) is 2.81. The van der Waals surface area contributed by atoms with E-state index in [0.717, 1.165) is 21.6 Å². The van der Waals surface area contributed by atoms with E-state index in [2.05, 4.69) is 5.32 Å². The molecule has 0 saturated carbocycles. The van der Waals surface area contributed by atoms with Gasteiger partial charge in [-0.1, -0.05) is 12.1 Å². The van der Waals surface area contributed by atoms with Crippen LogP contribution in [0.4, 0.5) is 4.79 Å². The number of fused-ring (bicyclic) bond motifs is 1. The van der Waals surface area contributed by atoms with Crippen molar-refractivity contribution in [2.24, 2.45) is 5.73 Å². The molecule has 0 aromatic heterocycles. The van der Waals surface area contributed by atoms with Gasteiger partial charge in [0, 0.05) is 5.56 Å². The smallest absolute Gasteiger partial charge is 0.407 e. The fourth-order valence-electron chi connectivity index (χ4n) is 3.96. The molecule has 1 aliphatic heterocycles. The molecule has 0 aliphatic carbocycles. The Morgan fingerprint density at radius 3 is 2.00 bits per heavy atom. The number of ether oxygens (including phenoxy) is 1. The van der Waals surface area contributed by atoms with Crippen molar-refractivity contribution in [2.75, 3.05) is 6.54 Å². The van der Waals surface area contributed by atoms with Crippen LogP contribution in [-0.4, -0.2) is 46.9 Å². The van der Waals surface area contributed by atoms with Gasteiger partial charge in [-0.3, -0.25) is 19.3 Å². The highest BCUT2D eigenvalue weighted by molar-refractivity contribution is 6.21. The normalized spacial score (nSPS) is 14.2. The van der Waals surface area contributed by atoms with Gasteiger partial charge in [-0.15, -0.1) is 0 Å². The minimum Gasteiger partial charge on any atom is -0.444 e. The zero-order chi connectivity index (χ0) is 24.5. The van der Waals surface area contributed by atoms with E-state index in [1.165, 1.54) is 0 Å². The van der Waals surface area contributed by atoms with Gasteiger partial charge < -0.3 is 15.8 Å². The number of carbonyl (C=O) groups excluding carboxylic acids is 4. The van der Waals surface area contributed by atoms with Crippen molar-refractivity contribution in [3.05, 3.63) is 69.8 Å². The van der Waals surface area contributed by atoms with Crippen LogP contribution in [0.3, 0.4) is 0 Å². The Balaban J connectivity index is 1.89. The summed E-state index contributed by atoms with van der Waals surface area (Å²) in [6, 6.07) is 9.41. The van der Waals surface area contributed by atoms with Crippen LogP contribution in [0.5, 0.6) is 0 Å². The van der Waals surface area contributed by atoms with Crippen LogP contribution in [0.25, 0.3) is 0 Å². The van der Waals surface area contributed by atoms with E-state index in [-0.39, 0.29) is 6.54 Å². The number of nitrogens with one attached hydrogen (secondary N) is 1. The maximum absolute atomic E-state index is 12.9. The zero-order valence-corrected chi connectivity index (χ0v) is 19.5. The number of primary amides is 1. The second-order valence-corrected chi connectivity index (χ2v) is 9.27. The first-order valence-electron chi connectivity index (χ1n) is 10.7. The molecule has 1 aliphatic rings. The topological polar surface area (TPSA) is 119 Å². The summed E-state index contributed by atoms with van der Waals surface area (Å²) in [6.07, 6.45) is -0.322. The number of carbonyl (C=O) groups is 4. The highest BCUT2D eigenvalue weighted by Crippen LogP contribution is 2.24. The molecular weight excluding hydrogens is 422 g/mol. The Labute approximate surface area is 193 Å². The van der Waals surface area contributed by atoms with E-state index < -0.39 is 35.5 Å². The van der Waals surface area contributed by atoms with Gasteiger partial charge in [-0.25, -0.2) is 4.79 Å². The van der Waals surface area contributed by atoms with Gasteiger partial charge in [0.15, 0.2) is 0 Å². The summed E-state index contributed by atoms with van der Waals surface area (Å²) in [4.78, 5) is 51.0. The number of aryl methyl sites for hydroxylation is 2. The van der Waals surface area contributed by atoms with E-state index in [0.29, 0.717) is 23.1 Å². The van der Waals surface area contributed by atoms with Crippen LogP contribution in [0.15, 0.2) is 36.4 Å². The first kappa shape index (κ1) is 24.0. The lowest BCUT2D eigenvalue weighted by atomic mass is 9.93. The van der Waals surface area contributed by atoms with Gasteiger partial charge in [0.2, 0.25) is 5.91 Å². The lowest BCUT2D eigenvalue weighted by molar-refractivity contribution is 0.0468. The van der Waals surface area contributed by atoms with E-state index in [1.54, 1.807) is 57.2 Å². The molecule has 4 amide bonds. The Morgan fingerprint density at radius 1 is 1.03 bits per heavy atom. The van der Waals surface area contributed by atoms with Crippen LogP contribution in [-0.2, 0) is 11.2 Å². The number of benzene rings is 2. The number of nitrogens with zero attached hydrogens (tertiary/aromatic N) is 1. The van der Waals surface area contributed by atoms with Crippen LogP contribution in [0.2, 0.25) is 0 Å². The third-order valence-electron chi connectivity index (χ3n) is 5.43. The first-order chi connectivity index (χ1) is 15.4. The summed E-state index contributed by atoms with van der Waals surface area (Å²) in [6.45, 7) is 8.93. The van der Waals surface area contributed by atoms with E-state index in [1.807, 2.05) is 13.8 Å². The lowest BCUT2D eigenvalue weighted by Crippen LogP contribution is -2.48. The number of nitrogens with two attached hydrogens (primary N) is 1. The van der Waals surface area contributed by atoms with Crippen molar-refractivity contribution in [1.29, 1.82) is 0 Å². The van der Waals surface area contributed by atoms with Gasteiger partial charge in [-0.05, 0) is 82.0 Å². The molecule has 2 aromatic rings. The molecule has 3 N–H and O–H groups in total. The summed E-state index contributed by atoms with van der Waals surface area (Å²) in [5.74, 6) is -1.32. The predicted molar refractivity (Wildman–Crippen MR) is 123 cm³/mol. The summed E-state index contributed by atoms with van der Waals surface area (Å²) in [5.41, 5.74) is 8.32. The Hall–Kier alpha value is -3.68. The number of imide groups is 1. The van der Waals surface area contributed by atoms with Crippen molar-refractivity contribution in [1.82, 2.24) is 10.2 Å². The van der Waals surface area contributed by atoms with Gasteiger partial charge in [0.25, 0.3) is 11.8 Å². The number of amides is 4. The Bertz CT molecular complexity index is 1080. The highest BCUT2D eigenvalue weighted by atomic mass is 16.6. The number of hydrogen-bond acceptors (Lipinski definition) is 5. The van der Waals surface area contributed by atoms with Crippen LogP contribution in [0.1, 0.15) is 68.5 Å².